The summed E-state index contributed by atoms with van der Waals surface area (Å²) in [6.07, 6.45) is 34.3. The highest BCUT2D eigenvalue weighted by Gasteiger charge is 2.26. The number of allylic oxidation sites excluding steroid dienone is 9. The number of hydrogen-bond donors (Lipinski definition) is 0. The minimum absolute atomic E-state index is 0.0720. The molecule has 2 heteroatoms. The van der Waals surface area contributed by atoms with Gasteiger partial charge in [-0.05, 0) is 63.5 Å². The predicted octanol–water partition coefficient (Wildman–Crippen LogP) is 11.5. The zero-order chi connectivity index (χ0) is 28.1. The molecule has 0 N–H and O–H groups in total. The molecule has 0 saturated carbocycles. The molecule has 2 nitrogen and oxygen atoms in total. The van der Waals surface area contributed by atoms with Gasteiger partial charge in [-0.2, -0.15) is 0 Å². The number of esters is 1. The van der Waals surface area contributed by atoms with Gasteiger partial charge in [-0.3, -0.25) is 4.79 Å². The molecule has 0 unspecified atom stereocenters. The van der Waals surface area contributed by atoms with Crippen LogP contribution in [0.15, 0.2) is 58.7 Å². The van der Waals surface area contributed by atoms with Crippen molar-refractivity contribution in [2.45, 2.75) is 151 Å². The predicted molar refractivity (Wildman–Crippen MR) is 167 cm³/mol. The van der Waals surface area contributed by atoms with Gasteiger partial charge < -0.3 is 4.74 Å². The highest BCUT2D eigenvalue weighted by Crippen LogP contribution is 2.40. The van der Waals surface area contributed by atoms with E-state index in [0.29, 0.717) is 13.0 Å². The summed E-state index contributed by atoms with van der Waals surface area (Å²) in [5.74, 6) is -0.0720. The minimum Gasteiger partial charge on any atom is -0.461 e. The molecule has 0 saturated heterocycles. The first kappa shape index (κ1) is 34.2. The Hall–Kier alpha value is -1.83. The van der Waals surface area contributed by atoms with Crippen molar-refractivity contribution in [3.8, 4) is 0 Å². The monoisotopic (exact) mass is 524 g/mol. The smallest absolute Gasteiger partial charge is 0.306 e. The summed E-state index contributed by atoms with van der Waals surface area (Å²) in [5.41, 5.74) is 5.65. The fourth-order valence-electron chi connectivity index (χ4n) is 5.33. The Bertz CT molecular complexity index is 803. The van der Waals surface area contributed by atoms with Gasteiger partial charge in [0.05, 0.1) is 0 Å². The molecule has 0 spiro atoms. The van der Waals surface area contributed by atoms with E-state index in [-0.39, 0.29) is 11.4 Å². The van der Waals surface area contributed by atoms with E-state index in [1.54, 1.807) is 0 Å². The van der Waals surface area contributed by atoms with E-state index in [9.17, 15) is 4.79 Å². The molecular weight excluding hydrogens is 464 g/mol. The lowest BCUT2D eigenvalue weighted by Crippen LogP contribution is -2.19. The van der Waals surface area contributed by atoms with Crippen LogP contribution in [-0.2, 0) is 9.53 Å². The molecular formula is C36H60O2. The van der Waals surface area contributed by atoms with Crippen LogP contribution >= 0.6 is 0 Å². The first-order valence-corrected chi connectivity index (χ1v) is 15.8. The molecule has 0 atom stereocenters. The molecule has 216 valence electrons. The molecule has 0 aromatic rings. The van der Waals surface area contributed by atoms with Crippen molar-refractivity contribution in [1.29, 1.82) is 0 Å². The highest BCUT2D eigenvalue weighted by atomic mass is 16.5. The van der Waals surface area contributed by atoms with Crippen LogP contribution < -0.4 is 0 Å². The molecule has 0 amide bonds. The Labute approximate surface area is 236 Å². The van der Waals surface area contributed by atoms with Crippen LogP contribution in [0.5, 0.6) is 0 Å². The molecule has 0 aromatic carbocycles. The zero-order valence-electron chi connectivity index (χ0n) is 26.0. The summed E-state index contributed by atoms with van der Waals surface area (Å²) >= 11 is 0. The third-order valence-corrected chi connectivity index (χ3v) is 7.91. The van der Waals surface area contributed by atoms with E-state index in [1.807, 2.05) is 6.08 Å². The van der Waals surface area contributed by atoms with Gasteiger partial charge in [-0.25, -0.2) is 0 Å². The molecule has 1 rings (SSSR count). The zero-order valence-corrected chi connectivity index (χ0v) is 26.0. The van der Waals surface area contributed by atoms with Crippen LogP contribution in [0, 0.1) is 5.41 Å². The lowest BCUT2D eigenvalue weighted by molar-refractivity contribution is -0.142. The summed E-state index contributed by atoms with van der Waals surface area (Å²) in [4.78, 5) is 12.0. The summed E-state index contributed by atoms with van der Waals surface area (Å²) in [7, 11) is 0. The average molecular weight is 525 g/mol. The summed E-state index contributed by atoms with van der Waals surface area (Å²) in [5, 5.41) is 0. The number of rotatable bonds is 20. The molecule has 1 aliphatic rings. The van der Waals surface area contributed by atoms with Gasteiger partial charge in [0.25, 0.3) is 0 Å². The van der Waals surface area contributed by atoms with Gasteiger partial charge in [0.2, 0.25) is 0 Å². The molecule has 0 aromatic heterocycles. The largest absolute Gasteiger partial charge is 0.461 e. The number of carbonyl (C=O) groups excluding carboxylic acids is 1. The van der Waals surface area contributed by atoms with E-state index in [2.05, 4.69) is 71.9 Å². The number of carbonyl (C=O) groups is 1. The Morgan fingerprint density at radius 2 is 1.42 bits per heavy atom. The summed E-state index contributed by atoms with van der Waals surface area (Å²) < 4.78 is 5.40. The molecule has 0 fully saturated rings. The summed E-state index contributed by atoms with van der Waals surface area (Å²) in [6.45, 7) is 13.8. The Morgan fingerprint density at radius 3 is 2.00 bits per heavy atom. The van der Waals surface area contributed by atoms with Crippen molar-refractivity contribution in [3.05, 3.63) is 58.7 Å². The minimum atomic E-state index is -0.0720. The van der Waals surface area contributed by atoms with Crippen LogP contribution in [-0.4, -0.2) is 12.6 Å². The van der Waals surface area contributed by atoms with Crippen LogP contribution in [0.2, 0.25) is 0 Å². The van der Waals surface area contributed by atoms with E-state index in [4.69, 9.17) is 4.74 Å². The maximum absolute atomic E-state index is 12.0. The van der Waals surface area contributed by atoms with E-state index >= 15 is 0 Å². The van der Waals surface area contributed by atoms with Gasteiger partial charge in [-0.15, -0.1) is 0 Å². The third kappa shape index (κ3) is 16.9. The summed E-state index contributed by atoms with van der Waals surface area (Å²) in [6, 6.07) is 0. The van der Waals surface area contributed by atoms with Gasteiger partial charge in [-0.1, -0.05) is 145 Å². The van der Waals surface area contributed by atoms with Crippen molar-refractivity contribution in [2.75, 3.05) is 6.61 Å². The van der Waals surface area contributed by atoms with Crippen LogP contribution in [0.3, 0.4) is 0 Å². The van der Waals surface area contributed by atoms with Crippen LogP contribution in [0.1, 0.15) is 151 Å². The fourth-order valence-corrected chi connectivity index (χ4v) is 5.33. The maximum Gasteiger partial charge on any atom is 0.306 e. The fraction of sp³-hybridized carbons (Fsp3) is 0.694. The second-order valence-corrected chi connectivity index (χ2v) is 12.2. The first-order valence-electron chi connectivity index (χ1n) is 15.8. The number of ether oxygens (including phenoxy) is 1. The molecule has 0 bridgehead atoms. The SMILES string of the molecule is CCCCCCCCCCCCCCCC(=O)OCC=C(C)C=CC=C(C)/C=C/C1=C(C)CCCC1(C)C. The second-order valence-electron chi connectivity index (χ2n) is 12.2. The number of hydrogen-bond acceptors (Lipinski definition) is 2. The standard InChI is InChI=1S/C36H60O2/c1-7-8-9-10-11-12-13-14-15-16-17-18-19-25-35(37)38-30-28-32(3)23-20-22-31(2)26-27-34-33(4)24-21-29-36(34,5)6/h20,22-23,26-28H,7-19,21,24-25,29-30H2,1-6H3/b23-20?,27-26+,31-22?,32-28?. The van der Waals surface area contributed by atoms with Crippen molar-refractivity contribution < 1.29 is 9.53 Å². The topological polar surface area (TPSA) is 26.3 Å². The van der Waals surface area contributed by atoms with Gasteiger partial charge >= 0.3 is 5.97 Å². The normalized spacial score (nSPS) is 16.7. The first-order chi connectivity index (χ1) is 18.3. The Balaban J connectivity index is 2.13. The van der Waals surface area contributed by atoms with Gasteiger partial charge in [0.15, 0.2) is 0 Å². The quantitative estimate of drug-likeness (QED) is 0.0899. The maximum atomic E-state index is 12.0. The Kier molecular flexibility index (Phi) is 18.9. The van der Waals surface area contributed by atoms with Crippen LogP contribution in [0.4, 0.5) is 0 Å². The average Bonchev–Trinajstić information content (AvgIpc) is 2.86. The second kappa shape index (κ2) is 21.0. The van der Waals surface area contributed by atoms with Crippen LogP contribution in [0.25, 0.3) is 0 Å². The van der Waals surface area contributed by atoms with Gasteiger partial charge in [0.1, 0.15) is 6.61 Å². The molecule has 1 aliphatic carbocycles. The highest BCUT2D eigenvalue weighted by molar-refractivity contribution is 5.69. The van der Waals surface area contributed by atoms with Gasteiger partial charge in [0, 0.05) is 6.42 Å². The van der Waals surface area contributed by atoms with Crippen molar-refractivity contribution in [2.24, 2.45) is 5.41 Å². The number of unbranched alkanes of at least 4 members (excludes halogenated alkanes) is 12. The molecule has 0 radical (unpaired) electrons. The van der Waals surface area contributed by atoms with Crippen molar-refractivity contribution in [1.82, 2.24) is 0 Å². The molecule has 0 heterocycles. The van der Waals surface area contributed by atoms with Crippen molar-refractivity contribution in [3.63, 3.8) is 0 Å². The lowest BCUT2D eigenvalue weighted by Gasteiger charge is -2.32. The Morgan fingerprint density at radius 1 is 0.842 bits per heavy atom. The van der Waals surface area contributed by atoms with E-state index in [0.717, 1.165) is 18.4 Å². The molecule has 0 aliphatic heterocycles. The van der Waals surface area contributed by atoms with Crippen molar-refractivity contribution >= 4 is 5.97 Å². The third-order valence-electron chi connectivity index (χ3n) is 7.91. The van der Waals surface area contributed by atoms with E-state index < -0.39 is 0 Å². The van der Waals surface area contributed by atoms with E-state index in [1.165, 1.54) is 107 Å². The molecule has 38 heavy (non-hydrogen) atoms. The lowest BCUT2D eigenvalue weighted by atomic mass is 9.72.